The summed E-state index contributed by atoms with van der Waals surface area (Å²) in [5.74, 6) is -0.00279. The molecule has 1 fully saturated rings. The lowest BCUT2D eigenvalue weighted by Gasteiger charge is -2.26. The molecule has 8 nitrogen and oxygen atoms in total. The third-order valence-corrected chi connectivity index (χ3v) is 6.61. The summed E-state index contributed by atoms with van der Waals surface area (Å²) < 4.78 is 17.8. The molecule has 4 amide bonds. The molecule has 0 aliphatic carbocycles. The predicted molar refractivity (Wildman–Crippen MR) is 151 cm³/mol. The lowest BCUT2D eigenvalue weighted by molar-refractivity contribution is -0.130. The van der Waals surface area contributed by atoms with Crippen molar-refractivity contribution < 1.29 is 28.6 Å². The van der Waals surface area contributed by atoms with Crippen LogP contribution in [0.2, 0.25) is 5.02 Å². The zero-order valence-electron chi connectivity index (χ0n) is 21.3. The lowest BCUT2D eigenvalue weighted by atomic mass is 10.1. The predicted octanol–water partition coefficient (Wildman–Crippen LogP) is 6.14. The van der Waals surface area contributed by atoms with Gasteiger partial charge in [0.1, 0.15) is 17.9 Å². The third kappa shape index (κ3) is 6.99. The molecule has 0 atom stereocenters. The molecular formula is C29H26BrClN2O6. The molecule has 1 N–H and O–H groups in total. The first-order valence-corrected chi connectivity index (χ1v) is 13.3. The molecule has 202 valence electrons. The molecule has 1 aliphatic heterocycles. The fraction of sp³-hybridized carbons (Fsp3) is 0.207. The monoisotopic (exact) mass is 612 g/mol. The van der Waals surface area contributed by atoms with Gasteiger partial charge in [0, 0.05) is 4.47 Å². The number of amides is 4. The highest BCUT2D eigenvalue weighted by Crippen LogP contribution is 2.30. The third-order valence-electron chi connectivity index (χ3n) is 5.79. The number of hydrogen-bond donors (Lipinski definition) is 1. The van der Waals surface area contributed by atoms with Crippen molar-refractivity contribution >= 4 is 51.5 Å². The summed E-state index contributed by atoms with van der Waals surface area (Å²) in [6, 6.07) is 17.0. The highest BCUT2D eigenvalue weighted by atomic mass is 79.9. The van der Waals surface area contributed by atoms with E-state index in [0.717, 1.165) is 21.4 Å². The van der Waals surface area contributed by atoms with Crippen LogP contribution in [0.3, 0.4) is 0 Å². The standard InChI is InChI=1S/C29H26BrClN2O6/c1-3-12-38-25-11-7-20(15-26(25)37-2)16-33-28(35)22(27(34)32-29(33)36)13-19-6-10-24(23(31)14-19)39-17-18-4-8-21(30)9-5-18/h4-11,13-15H,3,12,16-17H2,1-2H3,(H,32,34,36)/b22-13+. The Bertz CT molecular complexity index is 1420. The maximum atomic E-state index is 13.2. The Balaban J connectivity index is 1.50. The van der Waals surface area contributed by atoms with Crippen LogP contribution in [0.1, 0.15) is 30.0 Å². The first-order valence-electron chi connectivity index (χ1n) is 12.1. The van der Waals surface area contributed by atoms with Crippen molar-refractivity contribution in [1.29, 1.82) is 0 Å². The molecule has 1 aliphatic rings. The van der Waals surface area contributed by atoms with Crippen LogP contribution < -0.4 is 19.5 Å². The van der Waals surface area contributed by atoms with Gasteiger partial charge in [-0.1, -0.05) is 58.7 Å². The lowest BCUT2D eigenvalue weighted by Crippen LogP contribution is -2.53. The van der Waals surface area contributed by atoms with Crippen LogP contribution in [-0.4, -0.2) is 36.5 Å². The van der Waals surface area contributed by atoms with Gasteiger partial charge in [-0.2, -0.15) is 0 Å². The van der Waals surface area contributed by atoms with Crippen LogP contribution in [-0.2, 0) is 22.7 Å². The van der Waals surface area contributed by atoms with E-state index in [0.29, 0.717) is 46.6 Å². The van der Waals surface area contributed by atoms with Crippen LogP contribution >= 0.6 is 27.5 Å². The number of nitrogens with zero attached hydrogens (tertiary/aromatic N) is 1. The summed E-state index contributed by atoms with van der Waals surface area (Å²) in [7, 11) is 1.51. The quantitative estimate of drug-likeness (QED) is 0.218. The van der Waals surface area contributed by atoms with Crippen LogP contribution in [0.15, 0.2) is 70.7 Å². The van der Waals surface area contributed by atoms with E-state index < -0.39 is 17.8 Å². The molecule has 0 spiro atoms. The molecule has 1 saturated heterocycles. The Kier molecular flexibility index (Phi) is 9.27. The van der Waals surface area contributed by atoms with E-state index in [1.54, 1.807) is 36.4 Å². The van der Waals surface area contributed by atoms with E-state index in [-0.39, 0.29) is 12.1 Å². The first kappa shape index (κ1) is 28.2. The Labute approximate surface area is 239 Å². The summed E-state index contributed by atoms with van der Waals surface area (Å²) in [5.41, 5.74) is 1.91. The normalized spacial score (nSPS) is 14.4. The number of carbonyl (C=O) groups excluding carboxylic acids is 3. The number of urea groups is 1. The molecule has 39 heavy (non-hydrogen) atoms. The van der Waals surface area contributed by atoms with Gasteiger partial charge < -0.3 is 14.2 Å². The largest absolute Gasteiger partial charge is 0.493 e. The van der Waals surface area contributed by atoms with Crippen LogP contribution in [0.4, 0.5) is 4.79 Å². The number of rotatable bonds is 10. The molecule has 0 bridgehead atoms. The molecule has 0 unspecified atom stereocenters. The fourth-order valence-electron chi connectivity index (χ4n) is 3.79. The van der Waals surface area contributed by atoms with Gasteiger partial charge in [-0.05, 0) is 65.6 Å². The number of imide groups is 2. The average Bonchev–Trinajstić information content (AvgIpc) is 2.93. The first-order chi connectivity index (χ1) is 18.8. The van der Waals surface area contributed by atoms with Crippen molar-refractivity contribution in [3.63, 3.8) is 0 Å². The van der Waals surface area contributed by atoms with Gasteiger partial charge in [0.2, 0.25) is 0 Å². The molecule has 3 aromatic rings. The minimum atomic E-state index is -0.804. The topological polar surface area (TPSA) is 94.2 Å². The Morgan fingerprint density at radius 3 is 2.33 bits per heavy atom. The number of hydrogen-bond acceptors (Lipinski definition) is 6. The summed E-state index contributed by atoms with van der Waals surface area (Å²) in [4.78, 5) is 39.3. The number of halogens is 2. The van der Waals surface area contributed by atoms with Gasteiger partial charge in [0.05, 0.1) is 25.3 Å². The second-order valence-electron chi connectivity index (χ2n) is 8.65. The van der Waals surface area contributed by atoms with E-state index in [1.807, 2.05) is 31.2 Å². The number of nitrogens with one attached hydrogen (secondary N) is 1. The van der Waals surface area contributed by atoms with Crippen molar-refractivity contribution in [3.05, 3.63) is 92.4 Å². The van der Waals surface area contributed by atoms with E-state index in [2.05, 4.69) is 21.2 Å². The average molecular weight is 614 g/mol. The van der Waals surface area contributed by atoms with E-state index in [4.69, 9.17) is 25.8 Å². The van der Waals surface area contributed by atoms with Crippen molar-refractivity contribution in [2.45, 2.75) is 26.5 Å². The number of ether oxygens (including phenoxy) is 3. The Hall–Kier alpha value is -3.82. The molecule has 1 heterocycles. The minimum Gasteiger partial charge on any atom is -0.493 e. The van der Waals surface area contributed by atoms with Crippen LogP contribution in [0.25, 0.3) is 6.08 Å². The van der Waals surface area contributed by atoms with Crippen molar-refractivity contribution in [2.24, 2.45) is 0 Å². The van der Waals surface area contributed by atoms with Crippen LogP contribution in [0.5, 0.6) is 17.2 Å². The minimum absolute atomic E-state index is 0.0662. The second kappa shape index (κ2) is 12.8. The SMILES string of the molecule is CCCOc1ccc(CN2C(=O)NC(=O)/C(=C\c3ccc(OCc4ccc(Br)cc4)c(Cl)c3)C2=O)cc1OC. The molecule has 3 aromatic carbocycles. The van der Waals surface area contributed by atoms with Crippen LogP contribution in [0, 0.1) is 0 Å². The van der Waals surface area contributed by atoms with Gasteiger partial charge >= 0.3 is 6.03 Å². The van der Waals surface area contributed by atoms with Crippen molar-refractivity contribution in [2.75, 3.05) is 13.7 Å². The maximum absolute atomic E-state index is 13.2. The molecule has 4 rings (SSSR count). The van der Waals surface area contributed by atoms with E-state index in [9.17, 15) is 14.4 Å². The van der Waals surface area contributed by atoms with Gasteiger partial charge in [-0.25, -0.2) is 4.79 Å². The van der Waals surface area contributed by atoms with E-state index >= 15 is 0 Å². The summed E-state index contributed by atoms with van der Waals surface area (Å²) in [5, 5.41) is 2.54. The fourth-order valence-corrected chi connectivity index (χ4v) is 4.30. The van der Waals surface area contributed by atoms with Crippen molar-refractivity contribution in [3.8, 4) is 17.2 Å². The molecule has 0 radical (unpaired) electrons. The van der Waals surface area contributed by atoms with Crippen molar-refractivity contribution in [1.82, 2.24) is 10.2 Å². The molecular weight excluding hydrogens is 588 g/mol. The zero-order valence-corrected chi connectivity index (χ0v) is 23.7. The summed E-state index contributed by atoms with van der Waals surface area (Å²) in [6.45, 7) is 2.78. The van der Waals surface area contributed by atoms with Gasteiger partial charge in [-0.15, -0.1) is 0 Å². The highest BCUT2D eigenvalue weighted by Gasteiger charge is 2.35. The second-order valence-corrected chi connectivity index (χ2v) is 9.97. The number of benzene rings is 3. The highest BCUT2D eigenvalue weighted by molar-refractivity contribution is 9.10. The van der Waals surface area contributed by atoms with Gasteiger partial charge in [0.25, 0.3) is 11.8 Å². The number of methoxy groups -OCH3 is 1. The molecule has 10 heteroatoms. The Morgan fingerprint density at radius 1 is 0.923 bits per heavy atom. The summed E-state index contributed by atoms with van der Waals surface area (Å²) >= 11 is 9.81. The Morgan fingerprint density at radius 2 is 1.64 bits per heavy atom. The molecule has 0 aromatic heterocycles. The summed E-state index contributed by atoms with van der Waals surface area (Å²) in [6.07, 6.45) is 2.23. The number of barbiturate groups is 1. The van der Waals surface area contributed by atoms with Gasteiger partial charge in [0.15, 0.2) is 11.5 Å². The van der Waals surface area contributed by atoms with E-state index in [1.165, 1.54) is 13.2 Å². The molecule has 0 saturated carbocycles. The van der Waals surface area contributed by atoms with Gasteiger partial charge in [-0.3, -0.25) is 19.8 Å². The zero-order chi connectivity index (χ0) is 27.9. The smallest absolute Gasteiger partial charge is 0.331 e. The number of carbonyl (C=O) groups is 3. The maximum Gasteiger partial charge on any atom is 0.331 e.